The summed E-state index contributed by atoms with van der Waals surface area (Å²) in [5.41, 5.74) is 0. The van der Waals surface area contributed by atoms with Crippen LogP contribution in [0.5, 0.6) is 0 Å². The van der Waals surface area contributed by atoms with Crippen molar-refractivity contribution < 1.29 is 9.90 Å². The van der Waals surface area contributed by atoms with E-state index in [2.05, 4.69) is 17.6 Å². The minimum Gasteiger partial charge on any atom is -0.396 e. The third-order valence-electron chi connectivity index (χ3n) is 3.86. The molecule has 1 rings (SSSR count). The van der Waals surface area contributed by atoms with Crippen molar-refractivity contribution in [2.75, 3.05) is 12.4 Å². The minimum atomic E-state index is -0.0973. The Morgan fingerprint density at radius 1 is 1.42 bits per heavy atom. The fourth-order valence-electron chi connectivity index (χ4n) is 2.40. The molecular weight excluding hydrogens is 260 g/mol. The van der Waals surface area contributed by atoms with Crippen LogP contribution in [0.25, 0.3) is 0 Å². The first-order valence-corrected chi connectivity index (χ1v) is 8.41. The first kappa shape index (κ1) is 16.6. The Morgan fingerprint density at radius 3 is 2.79 bits per heavy atom. The second kappa shape index (κ2) is 8.69. The first-order chi connectivity index (χ1) is 9.06. The van der Waals surface area contributed by atoms with E-state index in [1.165, 1.54) is 12.8 Å². The third-order valence-corrected chi connectivity index (χ3v) is 5.10. The summed E-state index contributed by atoms with van der Waals surface area (Å²) in [5.74, 6) is 1.23. The molecule has 1 aliphatic rings. The van der Waals surface area contributed by atoms with Crippen molar-refractivity contribution in [1.82, 2.24) is 10.6 Å². The predicted molar refractivity (Wildman–Crippen MR) is 81.6 cm³/mol. The molecule has 5 heteroatoms. The van der Waals surface area contributed by atoms with Crippen LogP contribution in [0, 0.1) is 5.92 Å². The molecule has 0 saturated heterocycles. The number of aliphatic hydroxyl groups excluding tert-OH is 1. The van der Waals surface area contributed by atoms with E-state index in [0.717, 1.165) is 18.6 Å². The van der Waals surface area contributed by atoms with Gasteiger partial charge in [0, 0.05) is 23.9 Å². The lowest BCUT2D eigenvalue weighted by Crippen LogP contribution is -2.49. The smallest absolute Gasteiger partial charge is 0.315 e. The van der Waals surface area contributed by atoms with Crippen molar-refractivity contribution in [2.24, 2.45) is 5.92 Å². The van der Waals surface area contributed by atoms with Crippen LogP contribution in [-0.4, -0.2) is 40.8 Å². The summed E-state index contributed by atoms with van der Waals surface area (Å²) < 4.78 is 0. The summed E-state index contributed by atoms with van der Waals surface area (Å²) in [7, 11) is 0. The molecule has 1 aliphatic carbocycles. The van der Waals surface area contributed by atoms with E-state index >= 15 is 0 Å². The van der Waals surface area contributed by atoms with E-state index in [0.29, 0.717) is 11.3 Å². The van der Waals surface area contributed by atoms with E-state index in [1.54, 1.807) is 0 Å². The fraction of sp³-hybridized carbons (Fsp3) is 0.929. The quantitative estimate of drug-likeness (QED) is 0.703. The summed E-state index contributed by atoms with van der Waals surface area (Å²) in [4.78, 5) is 11.9. The zero-order valence-electron chi connectivity index (χ0n) is 12.3. The maximum atomic E-state index is 11.9. The van der Waals surface area contributed by atoms with Crippen molar-refractivity contribution in [1.29, 1.82) is 0 Å². The number of amides is 2. The van der Waals surface area contributed by atoms with Crippen LogP contribution in [0.15, 0.2) is 0 Å². The summed E-state index contributed by atoms with van der Waals surface area (Å²) in [5, 5.41) is 15.7. The Kier molecular flexibility index (Phi) is 7.61. The van der Waals surface area contributed by atoms with Gasteiger partial charge >= 0.3 is 6.03 Å². The van der Waals surface area contributed by atoms with Gasteiger partial charge in [0.05, 0.1) is 0 Å². The molecular formula is C14H28N2O2S. The van der Waals surface area contributed by atoms with Gasteiger partial charge in [-0.25, -0.2) is 4.79 Å². The largest absolute Gasteiger partial charge is 0.396 e. The fourth-order valence-corrected chi connectivity index (χ4v) is 3.57. The van der Waals surface area contributed by atoms with Gasteiger partial charge in [-0.1, -0.05) is 20.3 Å². The van der Waals surface area contributed by atoms with Crippen LogP contribution in [0.4, 0.5) is 4.79 Å². The van der Waals surface area contributed by atoms with Crippen molar-refractivity contribution in [2.45, 2.75) is 63.8 Å². The predicted octanol–water partition coefficient (Wildman–Crippen LogP) is 2.37. The number of nitrogens with one attached hydrogen (secondary N) is 2. The number of aliphatic hydroxyl groups is 1. The molecule has 2 amide bonds. The van der Waals surface area contributed by atoms with Gasteiger partial charge in [0.1, 0.15) is 0 Å². The molecule has 1 fully saturated rings. The molecule has 112 valence electrons. The highest BCUT2D eigenvalue weighted by molar-refractivity contribution is 7.99. The van der Waals surface area contributed by atoms with Crippen LogP contribution in [0.1, 0.15) is 46.5 Å². The van der Waals surface area contributed by atoms with E-state index < -0.39 is 0 Å². The van der Waals surface area contributed by atoms with Crippen molar-refractivity contribution >= 4 is 17.8 Å². The summed E-state index contributed by atoms with van der Waals surface area (Å²) in [6, 6.07) is 0.198. The third kappa shape index (κ3) is 6.04. The molecule has 0 bridgehead atoms. The molecule has 0 aromatic rings. The maximum absolute atomic E-state index is 11.9. The molecule has 4 atom stereocenters. The van der Waals surface area contributed by atoms with E-state index in [4.69, 9.17) is 5.11 Å². The minimum absolute atomic E-state index is 0.00518. The van der Waals surface area contributed by atoms with Gasteiger partial charge in [0.25, 0.3) is 0 Å². The van der Waals surface area contributed by atoms with Gasteiger partial charge in [-0.3, -0.25) is 0 Å². The van der Waals surface area contributed by atoms with Crippen LogP contribution in [-0.2, 0) is 0 Å². The summed E-state index contributed by atoms with van der Waals surface area (Å²) >= 11 is 2.00. The van der Waals surface area contributed by atoms with E-state index in [9.17, 15) is 4.79 Å². The second-order valence-corrected chi connectivity index (χ2v) is 7.08. The van der Waals surface area contributed by atoms with Gasteiger partial charge < -0.3 is 15.7 Å². The topological polar surface area (TPSA) is 61.4 Å². The molecule has 4 nitrogen and oxygen atoms in total. The monoisotopic (exact) mass is 288 g/mol. The Bertz CT molecular complexity index is 274. The Morgan fingerprint density at radius 2 is 2.16 bits per heavy atom. The maximum Gasteiger partial charge on any atom is 0.315 e. The van der Waals surface area contributed by atoms with E-state index in [-0.39, 0.29) is 24.6 Å². The molecule has 0 unspecified atom stereocenters. The first-order valence-electron chi connectivity index (χ1n) is 7.36. The van der Waals surface area contributed by atoms with Crippen LogP contribution in [0.3, 0.4) is 0 Å². The Balaban J connectivity index is 2.31. The van der Waals surface area contributed by atoms with Crippen molar-refractivity contribution in [3.63, 3.8) is 0 Å². The lowest BCUT2D eigenvalue weighted by molar-refractivity contribution is 0.197. The standard InChI is InChI=1S/C14H28N2O2S/c1-4-19-13-7-5-6-12(8-13)16-14(18)15-11(3)10(2)9-17/h10-13,17H,4-9H2,1-3H3,(H2,15,16,18)/t10-,11+,12+,13-/m1/s1. The van der Waals surface area contributed by atoms with Crippen LogP contribution < -0.4 is 10.6 Å². The number of urea groups is 1. The molecule has 0 aromatic heterocycles. The van der Waals surface area contributed by atoms with Crippen LogP contribution >= 0.6 is 11.8 Å². The highest BCUT2D eigenvalue weighted by atomic mass is 32.2. The molecule has 19 heavy (non-hydrogen) atoms. The van der Waals surface area contributed by atoms with E-state index in [1.807, 2.05) is 25.6 Å². The Hall–Kier alpha value is -0.420. The van der Waals surface area contributed by atoms with Crippen LogP contribution in [0.2, 0.25) is 0 Å². The molecule has 3 N–H and O–H groups in total. The zero-order valence-corrected chi connectivity index (χ0v) is 13.1. The zero-order chi connectivity index (χ0) is 14.3. The van der Waals surface area contributed by atoms with Gasteiger partial charge in [-0.05, 0) is 37.9 Å². The normalized spacial score (nSPS) is 26.5. The average Bonchev–Trinajstić information content (AvgIpc) is 2.38. The number of thioether (sulfide) groups is 1. The van der Waals surface area contributed by atoms with Crippen molar-refractivity contribution in [3.8, 4) is 0 Å². The van der Waals surface area contributed by atoms with Crippen molar-refractivity contribution in [3.05, 3.63) is 0 Å². The molecule has 0 radical (unpaired) electrons. The molecule has 1 saturated carbocycles. The Labute approximate surface area is 121 Å². The number of carbonyl (C=O) groups is 1. The highest BCUT2D eigenvalue weighted by Gasteiger charge is 2.23. The van der Waals surface area contributed by atoms with Gasteiger partial charge in [-0.15, -0.1) is 0 Å². The summed E-state index contributed by atoms with van der Waals surface area (Å²) in [6.45, 7) is 6.14. The molecule has 0 aliphatic heterocycles. The molecule has 0 aromatic carbocycles. The van der Waals surface area contributed by atoms with Gasteiger partial charge in [0.15, 0.2) is 0 Å². The van der Waals surface area contributed by atoms with Gasteiger partial charge in [-0.2, -0.15) is 11.8 Å². The second-order valence-electron chi connectivity index (χ2n) is 5.51. The number of carbonyl (C=O) groups excluding carboxylic acids is 1. The average molecular weight is 288 g/mol. The lowest BCUT2D eigenvalue weighted by Gasteiger charge is -2.30. The SMILES string of the molecule is CCS[C@@H]1CCC[C@H](NC(=O)N[C@@H](C)[C@H](C)CO)C1. The lowest BCUT2D eigenvalue weighted by atomic mass is 9.95. The molecule has 0 heterocycles. The van der Waals surface area contributed by atoms with Gasteiger partial charge in [0.2, 0.25) is 0 Å². The number of hydrogen-bond acceptors (Lipinski definition) is 3. The molecule has 0 spiro atoms. The summed E-state index contributed by atoms with van der Waals surface area (Å²) in [6.07, 6.45) is 4.63. The number of hydrogen-bond donors (Lipinski definition) is 3. The highest BCUT2D eigenvalue weighted by Crippen LogP contribution is 2.28. The number of rotatable bonds is 6.